The van der Waals surface area contributed by atoms with Crippen LogP contribution in [0.3, 0.4) is 0 Å². The lowest BCUT2D eigenvalue weighted by Crippen LogP contribution is -2.23. The second kappa shape index (κ2) is 5.79. The maximum absolute atomic E-state index is 11.7. The van der Waals surface area contributed by atoms with Gasteiger partial charge in [0.25, 0.3) is 10.0 Å². The fraction of sp³-hybridized carbons (Fsp3) is 0.333. The molecule has 1 aromatic heterocycles. The van der Waals surface area contributed by atoms with Crippen molar-refractivity contribution in [3.8, 4) is 0 Å². The van der Waals surface area contributed by atoms with E-state index in [0.717, 1.165) is 0 Å². The molecule has 0 saturated carbocycles. The van der Waals surface area contributed by atoms with E-state index in [0.29, 0.717) is 11.3 Å². The van der Waals surface area contributed by atoms with E-state index in [1.165, 1.54) is 0 Å². The Hall–Kier alpha value is -1.66. The minimum absolute atomic E-state index is 0.0596. The first kappa shape index (κ1) is 14.4. The molecule has 9 nitrogen and oxygen atoms in total. The molecular formula is C6H8FN5O4S2. The highest BCUT2D eigenvalue weighted by atomic mass is 32.2. The Bertz CT molecular complexity index is 556. The van der Waals surface area contributed by atoms with Gasteiger partial charge in [-0.25, -0.2) is 18.4 Å². The van der Waals surface area contributed by atoms with Crippen molar-refractivity contribution in [2.45, 2.75) is 10.8 Å². The summed E-state index contributed by atoms with van der Waals surface area (Å²) in [6, 6.07) is 0. The summed E-state index contributed by atoms with van der Waals surface area (Å²) in [4.78, 5) is 21.1. The van der Waals surface area contributed by atoms with E-state index in [4.69, 9.17) is 5.14 Å². The van der Waals surface area contributed by atoms with Crippen LogP contribution in [0.25, 0.3) is 0 Å². The Kier molecular flexibility index (Phi) is 4.63. The molecular weight excluding hydrogens is 289 g/mol. The van der Waals surface area contributed by atoms with Gasteiger partial charge in [-0.3, -0.25) is 4.79 Å². The number of nitrogens with zero attached hydrogens (tertiary/aromatic N) is 2. The van der Waals surface area contributed by atoms with Crippen molar-refractivity contribution in [3.05, 3.63) is 0 Å². The first-order valence-electron chi connectivity index (χ1n) is 4.38. The van der Waals surface area contributed by atoms with Crippen LogP contribution < -0.4 is 15.8 Å². The molecule has 1 heterocycles. The lowest BCUT2D eigenvalue weighted by atomic mass is 10.4. The number of nitrogens with two attached hydrogens (primary N) is 1. The molecule has 0 aliphatic rings. The lowest BCUT2D eigenvalue weighted by Gasteiger charge is -2.00. The Morgan fingerprint density at radius 1 is 1.39 bits per heavy atom. The summed E-state index contributed by atoms with van der Waals surface area (Å²) in [5, 5.41) is 15.4. The maximum atomic E-state index is 11.7. The maximum Gasteiger partial charge on any atom is 0.397 e. The quantitative estimate of drug-likeness (QED) is 0.368. The van der Waals surface area contributed by atoms with Crippen LogP contribution in [0.5, 0.6) is 0 Å². The van der Waals surface area contributed by atoms with Crippen LogP contribution in [0.1, 0.15) is 6.42 Å². The number of carbonyl (C=O) groups excluding carboxylic acids is 2. The molecule has 0 aromatic carbocycles. The minimum Gasteiger partial charge on any atom is -0.327 e. The van der Waals surface area contributed by atoms with Gasteiger partial charge >= 0.3 is 6.16 Å². The lowest BCUT2D eigenvalue weighted by molar-refractivity contribution is -0.116. The fourth-order valence-corrected chi connectivity index (χ4v) is 2.18. The number of hydrogen-bond acceptors (Lipinski definition) is 7. The highest BCUT2D eigenvalue weighted by Gasteiger charge is 2.16. The SMILES string of the molecule is NS(=O)(=O)c1nnc(NC(=O)CCNC(=O)F)s1. The average Bonchev–Trinajstić information content (AvgIpc) is 2.64. The second-order valence-electron chi connectivity index (χ2n) is 2.92. The van der Waals surface area contributed by atoms with Gasteiger partial charge in [-0.1, -0.05) is 11.3 Å². The van der Waals surface area contributed by atoms with Gasteiger partial charge in [-0.05, 0) is 0 Å². The highest BCUT2D eigenvalue weighted by molar-refractivity contribution is 7.91. The third-order valence-corrected chi connectivity index (χ3v) is 3.66. The van der Waals surface area contributed by atoms with Crippen LogP contribution in [0.2, 0.25) is 0 Å². The monoisotopic (exact) mass is 297 g/mol. The van der Waals surface area contributed by atoms with E-state index < -0.39 is 26.4 Å². The third kappa shape index (κ3) is 4.68. The summed E-state index contributed by atoms with van der Waals surface area (Å²) < 4.78 is 33.0. The van der Waals surface area contributed by atoms with Crippen molar-refractivity contribution in [2.24, 2.45) is 5.14 Å². The summed E-state index contributed by atoms with van der Waals surface area (Å²) in [5.74, 6) is -0.583. The van der Waals surface area contributed by atoms with Crippen molar-refractivity contribution in [1.29, 1.82) is 0 Å². The Labute approximate surface area is 105 Å². The number of sulfonamides is 1. The van der Waals surface area contributed by atoms with Crippen molar-refractivity contribution in [2.75, 3.05) is 11.9 Å². The number of halogens is 1. The van der Waals surface area contributed by atoms with Crippen LogP contribution >= 0.6 is 11.3 Å². The van der Waals surface area contributed by atoms with Gasteiger partial charge in [0, 0.05) is 13.0 Å². The molecule has 0 radical (unpaired) electrons. The number of hydrogen-bond donors (Lipinski definition) is 3. The van der Waals surface area contributed by atoms with Gasteiger partial charge in [0.15, 0.2) is 0 Å². The summed E-state index contributed by atoms with van der Waals surface area (Å²) in [6.07, 6.45) is -1.94. The molecule has 12 heteroatoms. The van der Waals surface area contributed by atoms with E-state index in [1.54, 1.807) is 5.32 Å². The van der Waals surface area contributed by atoms with Crippen LogP contribution in [0, 0.1) is 0 Å². The standard InChI is InChI=1S/C6H8FN5O4S2/c7-4(14)9-2-1-3(13)10-5-11-12-6(17-5)18(8,15)16/h1-2H2,(H,9,14)(H2,8,15,16)(H,10,11,13). The molecule has 0 atom stereocenters. The van der Waals surface area contributed by atoms with Gasteiger partial charge in [-0.2, -0.15) is 0 Å². The van der Waals surface area contributed by atoms with Gasteiger partial charge in [-0.15, -0.1) is 14.6 Å². The number of anilines is 1. The molecule has 0 spiro atoms. The first-order valence-corrected chi connectivity index (χ1v) is 6.75. The number of primary sulfonamides is 1. The molecule has 1 aromatic rings. The zero-order chi connectivity index (χ0) is 13.8. The third-order valence-electron chi connectivity index (χ3n) is 1.51. The fourth-order valence-electron chi connectivity index (χ4n) is 0.831. The summed E-state index contributed by atoms with van der Waals surface area (Å²) in [7, 11) is -3.96. The Morgan fingerprint density at radius 2 is 2.06 bits per heavy atom. The minimum atomic E-state index is -3.96. The molecule has 0 saturated heterocycles. The van der Waals surface area contributed by atoms with E-state index >= 15 is 0 Å². The van der Waals surface area contributed by atoms with Gasteiger partial charge < -0.3 is 10.6 Å². The van der Waals surface area contributed by atoms with Crippen molar-refractivity contribution in [1.82, 2.24) is 15.5 Å². The molecule has 18 heavy (non-hydrogen) atoms. The normalized spacial score (nSPS) is 11.0. The number of nitrogens with one attached hydrogen (secondary N) is 2. The predicted molar refractivity (Wildman–Crippen MR) is 59.0 cm³/mol. The van der Waals surface area contributed by atoms with Crippen LogP contribution in [0.15, 0.2) is 4.34 Å². The van der Waals surface area contributed by atoms with Crippen LogP contribution in [0.4, 0.5) is 14.3 Å². The largest absolute Gasteiger partial charge is 0.397 e. The molecule has 2 amide bonds. The first-order chi connectivity index (χ1) is 8.29. The molecule has 0 bridgehead atoms. The average molecular weight is 297 g/mol. The summed E-state index contributed by atoms with van der Waals surface area (Å²) in [5.41, 5.74) is 0. The molecule has 0 fully saturated rings. The molecule has 0 unspecified atom stereocenters. The molecule has 0 aliphatic carbocycles. The van der Waals surface area contributed by atoms with E-state index in [9.17, 15) is 22.4 Å². The number of rotatable bonds is 5. The van der Waals surface area contributed by atoms with Crippen molar-refractivity contribution >= 4 is 38.6 Å². The highest BCUT2D eigenvalue weighted by Crippen LogP contribution is 2.18. The van der Waals surface area contributed by atoms with E-state index in [2.05, 4.69) is 15.5 Å². The van der Waals surface area contributed by atoms with E-state index in [-0.39, 0.29) is 18.1 Å². The summed E-state index contributed by atoms with van der Waals surface area (Å²) in [6.45, 7) is -0.192. The number of amides is 2. The zero-order valence-corrected chi connectivity index (χ0v) is 10.3. The smallest absolute Gasteiger partial charge is 0.327 e. The van der Waals surface area contributed by atoms with Gasteiger partial charge in [0.1, 0.15) is 0 Å². The summed E-state index contributed by atoms with van der Waals surface area (Å²) >= 11 is 0.579. The van der Waals surface area contributed by atoms with E-state index in [1.807, 2.05) is 0 Å². The number of carbonyl (C=O) groups is 2. The van der Waals surface area contributed by atoms with Gasteiger partial charge in [0.2, 0.25) is 15.4 Å². The second-order valence-corrected chi connectivity index (χ2v) is 5.63. The van der Waals surface area contributed by atoms with Crippen molar-refractivity contribution in [3.63, 3.8) is 0 Å². The zero-order valence-electron chi connectivity index (χ0n) is 8.71. The van der Waals surface area contributed by atoms with Crippen LogP contribution in [-0.4, -0.2) is 37.2 Å². The Morgan fingerprint density at radius 3 is 2.56 bits per heavy atom. The molecule has 4 N–H and O–H groups in total. The predicted octanol–water partition coefficient (Wildman–Crippen LogP) is -0.807. The Balaban J connectivity index is 2.50. The van der Waals surface area contributed by atoms with Crippen molar-refractivity contribution < 1.29 is 22.4 Å². The number of aromatic nitrogens is 2. The topological polar surface area (TPSA) is 144 Å². The van der Waals surface area contributed by atoms with Crippen LogP contribution in [-0.2, 0) is 14.8 Å². The van der Waals surface area contributed by atoms with Gasteiger partial charge in [0.05, 0.1) is 0 Å². The molecule has 1 rings (SSSR count). The molecule has 100 valence electrons. The molecule has 0 aliphatic heterocycles.